The largest absolute Gasteiger partial charge is 0.489 e. The van der Waals surface area contributed by atoms with Crippen molar-refractivity contribution in [3.05, 3.63) is 77.0 Å². The maximum Gasteiger partial charge on any atom is 0.255 e. The van der Waals surface area contributed by atoms with Crippen LogP contribution in [0.15, 0.2) is 54.7 Å². The highest BCUT2D eigenvalue weighted by Crippen LogP contribution is 2.34. The minimum absolute atomic E-state index is 0.114. The summed E-state index contributed by atoms with van der Waals surface area (Å²) in [6.07, 6.45) is 3.85. The van der Waals surface area contributed by atoms with E-state index in [0.29, 0.717) is 49.1 Å². The molecule has 0 bridgehead atoms. The zero-order valence-corrected chi connectivity index (χ0v) is 20.3. The number of ether oxygens (including phenoxy) is 2. The van der Waals surface area contributed by atoms with Crippen LogP contribution in [0.1, 0.15) is 52.7 Å². The van der Waals surface area contributed by atoms with E-state index < -0.39 is 6.04 Å². The number of nitrogens with one attached hydrogen (secondary N) is 1. The molecule has 3 aliphatic rings. The van der Waals surface area contributed by atoms with Crippen molar-refractivity contribution < 1.29 is 19.1 Å². The summed E-state index contributed by atoms with van der Waals surface area (Å²) in [5.41, 5.74) is 4.55. The summed E-state index contributed by atoms with van der Waals surface area (Å²) in [6, 6.07) is 13.6. The van der Waals surface area contributed by atoms with Crippen molar-refractivity contribution in [3.8, 4) is 5.75 Å². The summed E-state index contributed by atoms with van der Waals surface area (Å²) in [7, 11) is 1.80. The van der Waals surface area contributed by atoms with E-state index in [9.17, 15) is 9.59 Å². The normalized spacial score (nSPS) is 21.2. The van der Waals surface area contributed by atoms with Crippen LogP contribution in [0.3, 0.4) is 0 Å². The van der Waals surface area contributed by atoms with E-state index in [0.717, 1.165) is 43.6 Å². The Hall–Kier alpha value is -3.16. The summed E-state index contributed by atoms with van der Waals surface area (Å²) in [5.74, 6) is 0.425. The number of amides is 2. The molecule has 5 rings (SSSR count). The van der Waals surface area contributed by atoms with E-state index in [4.69, 9.17) is 9.47 Å². The molecule has 7 heteroatoms. The molecule has 184 valence electrons. The molecule has 1 atom stereocenters. The SMILES string of the molecule is C=C1CCC(N2Cc3c(OCc4ccc(CN5CCC(OC)CC5)cc4)cccc3C2=O)C(=O)N1. The van der Waals surface area contributed by atoms with Crippen LogP contribution in [-0.4, -0.2) is 54.0 Å². The van der Waals surface area contributed by atoms with Crippen molar-refractivity contribution in [1.29, 1.82) is 0 Å². The van der Waals surface area contributed by atoms with Gasteiger partial charge in [-0.3, -0.25) is 14.5 Å². The van der Waals surface area contributed by atoms with Gasteiger partial charge in [-0.2, -0.15) is 0 Å². The quantitative estimate of drug-likeness (QED) is 0.662. The highest BCUT2D eigenvalue weighted by atomic mass is 16.5. The Labute approximate surface area is 206 Å². The Bertz CT molecular complexity index is 1110. The first-order chi connectivity index (χ1) is 17.0. The average Bonchev–Trinajstić information content (AvgIpc) is 3.21. The minimum atomic E-state index is -0.471. The lowest BCUT2D eigenvalue weighted by Gasteiger charge is -2.31. The third-order valence-electron chi connectivity index (χ3n) is 7.34. The van der Waals surface area contributed by atoms with Crippen molar-refractivity contribution in [2.75, 3.05) is 20.2 Å². The van der Waals surface area contributed by atoms with Gasteiger partial charge in [-0.15, -0.1) is 0 Å². The number of benzene rings is 2. The monoisotopic (exact) mass is 475 g/mol. The van der Waals surface area contributed by atoms with Crippen molar-refractivity contribution in [3.63, 3.8) is 0 Å². The number of allylic oxidation sites excluding steroid dienone is 1. The van der Waals surface area contributed by atoms with Crippen molar-refractivity contribution >= 4 is 11.8 Å². The van der Waals surface area contributed by atoms with Gasteiger partial charge >= 0.3 is 0 Å². The topological polar surface area (TPSA) is 71.1 Å². The predicted octanol–water partition coefficient (Wildman–Crippen LogP) is 3.62. The molecule has 3 heterocycles. The summed E-state index contributed by atoms with van der Waals surface area (Å²) in [6.45, 7) is 7.71. The molecule has 35 heavy (non-hydrogen) atoms. The molecule has 2 fully saturated rings. The lowest BCUT2D eigenvalue weighted by molar-refractivity contribution is -0.126. The van der Waals surface area contributed by atoms with Crippen LogP contribution in [0.2, 0.25) is 0 Å². The van der Waals surface area contributed by atoms with Crippen LogP contribution in [-0.2, 0) is 29.2 Å². The van der Waals surface area contributed by atoms with Crippen LogP contribution < -0.4 is 10.1 Å². The summed E-state index contributed by atoms with van der Waals surface area (Å²) >= 11 is 0. The molecule has 1 N–H and O–H groups in total. The van der Waals surface area contributed by atoms with Crippen LogP contribution in [0.5, 0.6) is 5.75 Å². The van der Waals surface area contributed by atoms with Gasteiger partial charge in [-0.05, 0) is 48.9 Å². The summed E-state index contributed by atoms with van der Waals surface area (Å²) < 4.78 is 11.6. The number of rotatable bonds is 7. The van der Waals surface area contributed by atoms with Gasteiger partial charge in [0.2, 0.25) is 5.91 Å². The number of nitrogens with zero attached hydrogens (tertiary/aromatic N) is 2. The molecule has 0 spiro atoms. The van der Waals surface area contributed by atoms with Gasteiger partial charge in [0.1, 0.15) is 18.4 Å². The fraction of sp³-hybridized carbons (Fsp3) is 0.429. The van der Waals surface area contributed by atoms with Gasteiger partial charge in [0.05, 0.1) is 12.6 Å². The third kappa shape index (κ3) is 5.11. The number of methoxy groups -OCH3 is 1. The third-order valence-corrected chi connectivity index (χ3v) is 7.34. The van der Waals surface area contributed by atoms with Gasteiger partial charge in [0.15, 0.2) is 0 Å². The number of piperidine rings is 2. The van der Waals surface area contributed by atoms with Crippen LogP contribution >= 0.6 is 0 Å². The van der Waals surface area contributed by atoms with Gasteiger partial charge in [-0.25, -0.2) is 0 Å². The molecule has 0 aromatic heterocycles. The van der Waals surface area contributed by atoms with Gasteiger partial charge in [-0.1, -0.05) is 36.9 Å². The Kier molecular flexibility index (Phi) is 6.88. The molecule has 0 saturated carbocycles. The second-order valence-corrected chi connectivity index (χ2v) is 9.68. The first-order valence-corrected chi connectivity index (χ1v) is 12.4. The standard InChI is InChI=1S/C28H33N3O4/c1-19-6-11-25(27(32)29-19)31-17-24-23(28(31)33)4-3-5-26(24)35-18-21-9-7-20(8-10-21)16-30-14-12-22(34-2)13-15-30/h3-5,7-10,22,25H,1,6,11-18H2,2H3,(H,29,32). The molecule has 2 aromatic rings. The molecule has 2 aromatic carbocycles. The zero-order valence-electron chi connectivity index (χ0n) is 20.3. The van der Waals surface area contributed by atoms with E-state index in [-0.39, 0.29) is 11.8 Å². The van der Waals surface area contributed by atoms with E-state index in [2.05, 4.69) is 41.1 Å². The highest BCUT2D eigenvalue weighted by Gasteiger charge is 2.39. The Morgan fingerprint density at radius 3 is 2.49 bits per heavy atom. The lowest BCUT2D eigenvalue weighted by atomic mass is 10.0. The molecule has 7 nitrogen and oxygen atoms in total. The Morgan fingerprint density at radius 1 is 1.03 bits per heavy atom. The fourth-order valence-corrected chi connectivity index (χ4v) is 5.24. The molecule has 0 aliphatic carbocycles. The van der Waals surface area contributed by atoms with E-state index in [1.165, 1.54) is 5.56 Å². The summed E-state index contributed by atoms with van der Waals surface area (Å²) in [4.78, 5) is 29.6. The maximum absolute atomic E-state index is 13.0. The first kappa shape index (κ1) is 23.6. The lowest BCUT2D eigenvalue weighted by Crippen LogP contribution is -2.49. The number of carbonyl (C=O) groups excluding carboxylic acids is 2. The van der Waals surface area contributed by atoms with Crippen LogP contribution in [0.25, 0.3) is 0 Å². The number of fused-ring (bicyclic) bond motifs is 1. The molecule has 3 aliphatic heterocycles. The second kappa shape index (κ2) is 10.2. The minimum Gasteiger partial charge on any atom is -0.489 e. The van der Waals surface area contributed by atoms with Crippen LogP contribution in [0.4, 0.5) is 0 Å². The maximum atomic E-state index is 13.0. The van der Waals surface area contributed by atoms with Crippen LogP contribution in [0, 0.1) is 0 Å². The molecular weight excluding hydrogens is 442 g/mol. The van der Waals surface area contributed by atoms with Gasteiger partial charge in [0, 0.05) is 43.6 Å². The number of likely N-dealkylation sites (tertiary alicyclic amines) is 1. The Balaban J connectivity index is 1.19. The predicted molar refractivity (Wildman–Crippen MR) is 133 cm³/mol. The average molecular weight is 476 g/mol. The van der Waals surface area contributed by atoms with Gasteiger partial charge < -0.3 is 19.7 Å². The zero-order chi connectivity index (χ0) is 24.4. The molecule has 2 amide bonds. The molecular formula is C28H33N3O4. The second-order valence-electron chi connectivity index (χ2n) is 9.68. The van der Waals surface area contributed by atoms with Crippen molar-refractivity contribution in [2.24, 2.45) is 0 Å². The molecule has 0 radical (unpaired) electrons. The number of hydrogen-bond donors (Lipinski definition) is 1. The van der Waals surface area contributed by atoms with E-state index >= 15 is 0 Å². The first-order valence-electron chi connectivity index (χ1n) is 12.4. The smallest absolute Gasteiger partial charge is 0.255 e. The van der Waals surface area contributed by atoms with Crippen molar-refractivity contribution in [2.45, 2.75) is 57.5 Å². The van der Waals surface area contributed by atoms with Crippen molar-refractivity contribution in [1.82, 2.24) is 15.1 Å². The van der Waals surface area contributed by atoms with E-state index in [1.807, 2.05) is 18.2 Å². The number of hydrogen-bond acceptors (Lipinski definition) is 5. The molecule has 2 saturated heterocycles. The highest BCUT2D eigenvalue weighted by molar-refractivity contribution is 6.02. The summed E-state index contributed by atoms with van der Waals surface area (Å²) in [5, 5.41) is 2.78. The van der Waals surface area contributed by atoms with Gasteiger partial charge in [0.25, 0.3) is 5.91 Å². The Morgan fingerprint density at radius 2 is 1.77 bits per heavy atom. The van der Waals surface area contributed by atoms with E-state index in [1.54, 1.807) is 12.0 Å². The number of carbonyl (C=O) groups is 2. The fourth-order valence-electron chi connectivity index (χ4n) is 5.24. The molecule has 1 unspecified atom stereocenters.